The van der Waals surface area contributed by atoms with Crippen LogP contribution in [0.3, 0.4) is 0 Å². The van der Waals surface area contributed by atoms with Crippen LogP contribution in [0, 0.1) is 5.39 Å². The summed E-state index contributed by atoms with van der Waals surface area (Å²) in [6.07, 6.45) is 1.56. The number of nitrogens with zero attached hydrogens (tertiary/aromatic N) is 2. The van der Waals surface area contributed by atoms with Crippen LogP contribution in [-0.4, -0.2) is 12.3 Å². The first-order chi connectivity index (χ1) is 6.79. The van der Waals surface area contributed by atoms with Crippen LogP contribution >= 0.6 is 0 Å². The largest absolute Gasteiger partial charge is 0.363 e. The molecule has 14 heavy (non-hydrogen) atoms. The molecule has 1 rings (SSSR count). The van der Waals surface area contributed by atoms with Gasteiger partial charge in [-0.15, -0.1) is 6.58 Å². The van der Waals surface area contributed by atoms with Crippen LogP contribution in [0.1, 0.15) is 11.5 Å². The molecular formula is C11H11N2O+. The summed E-state index contributed by atoms with van der Waals surface area (Å²) < 4.78 is 0. The Morgan fingerprint density at radius 1 is 1.50 bits per heavy atom. The van der Waals surface area contributed by atoms with Gasteiger partial charge in [-0.25, -0.2) is 0 Å². The van der Waals surface area contributed by atoms with Gasteiger partial charge in [0, 0.05) is 0 Å². The van der Waals surface area contributed by atoms with E-state index in [0.29, 0.717) is 0 Å². The Labute approximate surface area is 82.7 Å². The van der Waals surface area contributed by atoms with E-state index in [-0.39, 0.29) is 18.2 Å². The molecule has 0 radical (unpaired) electrons. The molecule has 0 bridgehead atoms. The lowest BCUT2D eigenvalue weighted by atomic mass is 9.95. The summed E-state index contributed by atoms with van der Waals surface area (Å²) in [7, 11) is 0. The van der Waals surface area contributed by atoms with E-state index < -0.39 is 0 Å². The average molecular weight is 187 g/mol. The minimum absolute atomic E-state index is 0.159. The third kappa shape index (κ3) is 2.27. The predicted octanol–water partition coefficient (Wildman–Crippen LogP) is 2.38. The summed E-state index contributed by atoms with van der Waals surface area (Å²) in [5.41, 5.74) is 0.871. The second-order valence-electron chi connectivity index (χ2n) is 2.89. The lowest BCUT2D eigenvalue weighted by Crippen LogP contribution is -2.12. The van der Waals surface area contributed by atoms with Crippen LogP contribution in [0.15, 0.2) is 43.0 Å². The zero-order valence-electron chi connectivity index (χ0n) is 7.76. The van der Waals surface area contributed by atoms with Crippen molar-refractivity contribution in [1.82, 2.24) is 0 Å². The van der Waals surface area contributed by atoms with Gasteiger partial charge in [-0.2, -0.15) is 0 Å². The summed E-state index contributed by atoms with van der Waals surface area (Å²) in [5.74, 6) is -0.541. The van der Waals surface area contributed by atoms with Gasteiger partial charge in [0.25, 0.3) is 0 Å². The number of diazo groups is 1. The second-order valence-corrected chi connectivity index (χ2v) is 2.89. The molecule has 0 aliphatic carbocycles. The number of carbonyl (C=O) groups is 1. The molecule has 0 N–H and O–H groups in total. The molecular weight excluding hydrogens is 176 g/mol. The van der Waals surface area contributed by atoms with Crippen LogP contribution in [0.25, 0.3) is 4.98 Å². The molecule has 1 unspecified atom stereocenters. The molecule has 3 heteroatoms. The quantitative estimate of drug-likeness (QED) is 0.536. The lowest BCUT2D eigenvalue weighted by Gasteiger charge is -2.06. The van der Waals surface area contributed by atoms with E-state index in [1.807, 2.05) is 30.3 Å². The molecule has 3 nitrogen and oxygen atoms in total. The van der Waals surface area contributed by atoms with Crippen LogP contribution < -0.4 is 0 Å². The number of allylic oxidation sites excluding steroid dienone is 1. The van der Waals surface area contributed by atoms with Crippen molar-refractivity contribution in [3.8, 4) is 0 Å². The minimum Gasteiger partial charge on any atom is -0.290 e. The highest BCUT2D eigenvalue weighted by molar-refractivity contribution is 5.90. The zero-order chi connectivity index (χ0) is 10.4. The third-order valence-corrected chi connectivity index (χ3v) is 1.97. The van der Waals surface area contributed by atoms with E-state index in [9.17, 15) is 4.79 Å². The van der Waals surface area contributed by atoms with Crippen LogP contribution in [0.5, 0.6) is 0 Å². The molecule has 0 aliphatic heterocycles. The van der Waals surface area contributed by atoms with Gasteiger partial charge in [0.05, 0.1) is 5.92 Å². The minimum atomic E-state index is -0.382. The fourth-order valence-electron chi connectivity index (χ4n) is 1.28. The van der Waals surface area contributed by atoms with E-state index in [2.05, 4.69) is 11.6 Å². The maximum atomic E-state index is 11.4. The van der Waals surface area contributed by atoms with Gasteiger partial charge in [-0.3, -0.25) is 4.79 Å². The molecule has 1 aromatic carbocycles. The Bertz CT molecular complexity index is 365. The van der Waals surface area contributed by atoms with Crippen LogP contribution in [-0.2, 0) is 4.79 Å². The molecule has 0 aromatic heterocycles. The van der Waals surface area contributed by atoms with Gasteiger partial charge in [-0.1, -0.05) is 36.4 Å². The maximum absolute atomic E-state index is 11.4. The zero-order valence-corrected chi connectivity index (χ0v) is 7.76. The molecule has 1 aromatic rings. The normalized spacial score (nSPS) is 11.4. The summed E-state index contributed by atoms with van der Waals surface area (Å²) >= 11 is 0. The fraction of sp³-hybridized carbons (Fsp3) is 0.182. The van der Waals surface area contributed by atoms with Crippen molar-refractivity contribution in [2.75, 3.05) is 6.54 Å². The van der Waals surface area contributed by atoms with E-state index in [0.717, 1.165) is 5.56 Å². The highest BCUT2D eigenvalue weighted by Gasteiger charge is 2.21. The Hall–Kier alpha value is -1.95. The van der Waals surface area contributed by atoms with Gasteiger partial charge in [-0.05, 0) is 5.56 Å². The van der Waals surface area contributed by atoms with Crippen LogP contribution in [0.4, 0.5) is 0 Å². The number of ketones is 1. The van der Waals surface area contributed by atoms with Crippen molar-refractivity contribution < 1.29 is 4.79 Å². The van der Waals surface area contributed by atoms with Crippen molar-refractivity contribution in [3.05, 3.63) is 53.5 Å². The average Bonchev–Trinajstić information content (AvgIpc) is 2.21. The first-order valence-corrected chi connectivity index (χ1v) is 4.30. The highest BCUT2D eigenvalue weighted by atomic mass is 16.1. The van der Waals surface area contributed by atoms with Gasteiger partial charge in [0.2, 0.25) is 11.2 Å². The Morgan fingerprint density at radius 2 is 2.14 bits per heavy atom. The van der Waals surface area contributed by atoms with E-state index >= 15 is 0 Å². The summed E-state index contributed by atoms with van der Waals surface area (Å²) in [6.45, 7) is 3.41. The van der Waals surface area contributed by atoms with E-state index in [1.165, 1.54) is 0 Å². The Kier molecular flexibility index (Phi) is 3.57. The summed E-state index contributed by atoms with van der Waals surface area (Å²) in [6, 6.07) is 9.29. The smallest absolute Gasteiger partial charge is 0.290 e. The van der Waals surface area contributed by atoms with Crippen molar-refractivity contribution in [2.24, 2.45) is 0 Å². The van der Waals surface area contributed by atoms with Gasteiger partial charge in [0.15, 0.2) is 0 Å². The number of benzene rings is 1. The summed E-state index contributed by atoms with van der Waals surface area (Å²) in [4.78, 5) is 14.3. The molecule has 70 valence electrons. The van der Waals surface area contributed by atoms with Crippen molar-refractivity contribution in [2.45, 2.75) is 5.92 Å². The number of Topliss-reactive ketones (excluding diaryl/α,β-unsaturated/α-hetero) is 1. The monoisotopic (exact) mass is 187 g/mol. The molecule has 1 atom stereocenters. The van der Waals surface area contributed by atoms with E-state index in [4.69, 9.17) is 5.39 Å². The first-order valence-electron chi connectivity index (χ1n) is 4.30. The van der Waals surface area contributed by atoms with Gasteiger partial charge < -0.3 is 0 Å². The van der Waals surface area contributed by atoms with Crippen LogP contribution in [0.2, 0.25) is 0 Å². The molecule has 0 spiro atoms. The number of hydrogen-bond acceptors (Lipinski definition) is 2. The Balaban J connectivity index is 2.89. The van der Waals surface area contributed by atoms with Gasteiger partial charge in [0.1, 0.15) is 4.98 Å². The maximum Gasteiger partial charge on any atom is 0.363 e. The SMILES string of the molecule is C=CC(C(=O)C[N+]#N)c1ccccc1. The molecule has 0 heterocycles. The van der Waals surface area contributed by atoms with Crippen molar-refractivity contribution in [1.29, 1.82) is 5.39 Å². The van der Waals surface area contributed by atoms with Crippen molar-refractivity contribution >= 4 is 5.78 Å². The predicted molar refractivity (Wildman–Crippen MR) is 54.3 cm³/mol. The van der Waals surface area contributed by atoms with E-state index in [1.54, 1.807) is 6.08 Å². The topological polar surface area (TPSA) is 45.2 Å². The summed E-state index contributed by atoms with van der Waals surface area (Å²) in [5, 5.41) is 8.30. The standard InChI is InChI=1S/C11H11N2O/c1-2-10(11(14)8-13-12)9-6-4-3-5-7-9/h2-7,10H,1,8H2/q+1. The third-order valence-electron chi connectivity index (χ3n) is 1.97. The number of hydrogen-bond donors (Lipinski definition) is 0. The van der Waals surface area contributed by atoms with Crippen molar-refractivity contribution in [3.63, 3.8) is 0 Å². The molecule has 0 saturated carbocycles. The lowest BCUT2D eigenvalue weighted by molar-refractivity contribution is -0.117. The fourth-order valence-corrected chi connectivity index (χ4v) is 1.28. The molecule has 0 amide bonds. The molecule has 0 aliphatic rings. The molecule has 0 fully saturated rings. The number of carbonyl (C=O) groups excluding carboxylic acids is 1. The second kappa shape index (κ2) is 4.93. The first kappa shape index (κ1) is 10.1. The number of rotatable bonds is 4. The van der Waals surface area contributed by atoms with Gasteiger partial charge >= 0.3 is 6.54 Å². The Morgan fingerprint density at radius 3 is 2.64 bits per heavy atom. The highest BCUT2D eigenvalue weighted by Crippen LogP contribution is 2.17. The molecule has 0 saturated heterocycles.